The van der Waals surface area contributed by atoms with Crippen LogP contribution in [0.25, 0.3) is 0 Å². The summed E-state index contributed by atoms with van der Waals surface area (Å²) in [6.45, 7) is 4.19. The maximum atomic E-state index is 8.78. The first-order chi connectivity index (χ1) is 4.76. The molecule has 0 unspecified atom stereocenters. The molecular weight excluding hydrogens is 126 g/mol. The molecule has 0 fully saturated rings. The second kappa shape index (κ2) is 5.42. The number of aliphatic hydroxyl groups is 1. The zero-order valence-electron chi connectivity index (χ0n) is 6.85. The summed E-state index contributed by atoms with van der Waals surface area (Å²) >= 11 is 0. The lowest BCUT2D eigenvalue weighted by atomic mass is 9.98. The number of rotatable bonds is 5. The third kappa shape index (κ3) is 2.97. The molecule has 0 aromatic rings. The molecular formula is C8H17NO. The van der Waals surface area contributed by atoms with Gasteiger partial charge in [0.2, 0.25) is 0 Å². The van der Waals surface area contributed by atoms with Crippen molar-refractivity contribution < 1.29 is 5.11 Å². The lowest BCUT2D eigenvalue weighted by Crippen LogP contribution is -2.16. The van der Waals surface area contributed by atoms with Gasteiger partial charge in [-0.3, -0.25) is 0 Å². The summed E-state index contributed by atoms with van der Waals surface area (Å²) in [7, 11) is 0. The minimum absolute atomic E-state index is 0.111. The van der Waals surface area contributed by atoms with Gasteiger partial charge in [0.25, 0.3) is 0 Å². The second-order valence-electron chi connectivity index (χ2n) is 2.56. The highest BCUT2D eigenvalue weighted by Gasteiger charge is 2.08. The van der Waals surface area contributed by atoms with Crippen LogP contribution in [-0.4, -0.2) is 17.4 Å². The van der Waals surface area contributed by atoms with Gasteiger partial charge in [0, 0.05) is 11.6 Å². The molecule has 0 heterocycles. The van der Waals surface area contributed by atoms with E-state index in [1.807, 2.05) is 6.92 Å². The smallest absolute Gasteiger partial charge is 0.0511 e. The zero-order chi connectivity index (χ0) is 7.98. The highest BCUT2D eigenvalue weighted by Crippen LogP contribution is 2.07. The summed E-state index contributed by atoms with van der Waals surface area (Å²) in [5.41, 5.74) is 0.701. The average Bonchev–Trinajstić information content (AvgIpc) is 1.91. The van der Waals surface area contributed by atoms with Crippen LogP contribution in [0.5, 0.6) is 0 Å². The summed E-state index contributed by atoms with van der Waals surface area (Å²) in [5, 5.41) is 16.3. The SMILES string of the molecule is CCCC(=N)[C@@H](CC)CO. The first kappa shape index (κ1) is 9.63. The minimum atomic E-state index is 0.111. The van der Waals surface area contributed by atoms with Crippen molar-refractivity contribution >= 4 is 5.71 Å². The van der Waals surface area contributed by atoms with Crippen LogP contribution < -0.4 is 0 Å². The van der Waals surface area contributed by atoms with E-state index in [1.165, 1.54) is 0 Å². The van der Waals surface area contributed by atoms with Gasteiger partial charge < -0.3 is 10.5 Å². The van der Waals surface area contributed by atoms with Crippen molar-refractivity contribution in [1.29, 1.82) is 5.41 Å². The van der Waals surface area contributed by atoms with Crippen LogP contribution in [-0.2, 0) is 0 Å². The fourth-order valence-electron chi connectivity index (χ4n) is 0.959. The topological polar surface area (TPSA) is 44.1 Å². The molecule has 0 aliphatic heterocycles. The van der Waals surface area contributed by atoms with E-state index in [9.17, 15) is 0 Å². The van der Waals surface area contributed by atoms with E-state index in [0.717, 1.165) is 19.3 Å². The highest BCUT2D eigenvalue weighted by atomic mass is 16.3. The van der Waals surface area contributed by atoms with Gasteiger partial charge in [-0.1, -0.05) is 20.3 Å². The molecule has 0 amide bonds. The van der Waals surface area contributed by atoms with E-state index in [0.29, 0.717) is 5.71 Å². The van der Waals surface area contributed by atoms with Crippen molar-refractivity contribution in [2.24, 2.45) is 5.92 Å². The summed E-state index contributed by atoms with van der Waals surface area (Å²) in [5.74, 6) is 0.111. The van der Waals surface area contributed by atoms with E-state index in [-0.39, 0.29) is 12.5 Å². The molecule has 0 aliphatic carbocycles. The maximum Gasteiger partial charge on any atom is 0.0511 e. The molecule has 2 N–H and O–H groups in total. The molecule has 0 spiro atoms. The van der Waals surface area contributed by atoms with Crippen molar-refractivity contribution in [1.82, 2.24) is 0 Å². The lowest BCUT2D eigenvalue weighted by molar-refractivity contribution is 0.257. The Balaban J connectivity index is 3.65. The van der Waals surface area contributed by atoms with Crippen molar-refractivity contribution in [2.75, 3.05) is 6.61 Å². The van der Waals surface area contributed by atoms with Gasteiger partial charge in [0.15, 0.2) is 0 Å². The van der Waals surface area contributed by atoms with E-state index in [4.69, 9.17) is 10.5 Å². The monoisotopic (exact) mass is 143 g/mol. The van der Waals surface area contributed by atoms with Gasteiger partial charge in [0.1, 0.15) is 0 Å². The van der Waals surface area contributed by atoms with Crippen molar-refractivity contribution in [3.8, 4) is 0 Å². The molecule has 0 radical (unpaired) electrons. The zero-order valence-corrected chi connectivity index (χ0v) is 6.85. The second-order valence-corrected chi connectivity index (χ2v) is 2.56. The van der Waals surface area contributed by atoms with Crippen molar-refractivity contribution in [3.05, 3.63) is 0 Å². The lowest BCUT2D eigenvalue weighted by Gasteiger charge is -2.11. The summed E-state index contributed by atoms with van der Waals surface area (Å²) in [6, 6.07) is 0. The molecule has 0 saturated carbocycles. The third-order valence-corrected chi connectivity index (χ3v) is 1.73. The van der Waals surface area contributed by atoms with Crippen LogP contribution in [0.1, 0.15) is 33.1 Å². The molecule has 0 bridgehead atoms. The molecule has 60 valence electrons. The van der Waals surface area contributed by atoms with Gasteiger partial charge in [-0.25, -0.2) is 0 Å². The van der Waals surface area contributed by atoms with Gasteiger partial charge in [-0.2, -0.15) is 0 Å². The molecule has 0 aromatic carbocycles. The Bertz CT molecular complexity index is 97.4. The Morgan fingerprint density at radius 1 is 1.50 bits per heavy atom. The average molecular weight is 143 g/mol. The molecule has 0 aromatic heterocycles. The largest absolute Gasteiger partial charge is 0.396 e. The van der Waals surface area contributed by atoms with Crippen molar-refractivity contribution in [2.45, 2.75) is 33.1 Å². The molecule has 1 atom stereocenters. The Kier molecular flexibility index (Phi) is 5.22. The van der Waals surface area contributed by atoms with Crippen LogP contribution in [0.2, 0.25) is 0 Å². The summed E-state index contributed by atoms with van der Waals surface area (Å²) in [4.78, 5) is 0. The molecule has 0 saturated heterocycles. The van der Waals surface area contributed by atoms with Crippen LogP contribution in [0.3, 0.4) is 0 Å². The van der Waals surface area contributed by atoms with Crippen LogP contribution in [0, 0.1) is 11.3 Å². The predicted molar refractivity (Wildman–Crippen MR) is 43.5 cm³/mol. The first-order valence-electron chi connectivity index (χ1n) is 3.94. The van der Waals surface area contributed by atoms with Gasteiger partial charge in [-0.05, 0) is 12.8 Å². The molecule has 10 heavy (non-hydrogen) atoms. The fraction of sp³-hybridized carbons (Fsp3) is 0.875. The molecule has 0 aliphatic rings. The number of nitrogens with one attached hydrogen (secondary N) is 1. The summed E-state index contributed by atoms with van der Waals surface area (Å²) < 4.78 is 0. The minimum Gasteiger partial charge on any atom is -0.396 e. The van der Waals surface area contributed by atoms with Gasteiger partial charge in [0.05, 0.1) is 6.61 Å². The molecule has 0 rings (SSSR count). The Labute approximate surface area is 62.8 Å². The fourth-order valence-corrected chi connectivity index (χ4v) is 0.959. The van der Waals surface area contributed by atoms with E-state index in [2.05, 4.69) is 6.92 Å². The quantitative estimate of drug-likeness (QED) is 0.566. The number of aliphatic hydroxyl groups excluding tert-OH is 1. The summed E-state index contributed by atoms with van der Waals surface area (Å²) in [6.07, 6.45) is 2.73. The van der Waals surface area contributed by atoms with Crippen LogP contribution in [0.15, 0.2) is 0 Å². The van der Waals surface area contributed by atoms with Crippen LogP contribution >= 0.6 is 0 Å². The Morgan fingerprint density at radius 3 is 2.40 bits per heavy atom. The standard InChI is InChI=1S/C8H17NO/c1-3-5-8(9)7(4-2)6-10/h7,9-10H,3-6H2,1-2H3/t7-/m0/s1. The van der Waals surface area contributed by atoms with Crippen molar-refractivity contribution in [3.63, 3.8) is 0 Å². The number of hydrogen-bond donors (Lipinski definition) is 2. The van der Waals surface area contributed by atoms with E-state index < -0.39 is 0 Å². The number of hydrogen-bond acceptors (Lipinski definition) is 2. The highest BCUT2D eigenvalue weighted by molar-refractivity contribution is 5.83. The molecule has 2 heteroatoms. The third-order valence-electron chi connectivity index (χ3n) is 1.73. The normalized spacial score (nSPS) is 13.1. The molecule has 2 nitrogen and oxygen atoms in total. The predicted octanol–water partition coefficient (Wildman–Crippen LogP) is 1.82. The Hall–Kier alpha value is -0.370. The van der Waals surface area contributed by atoms with Gasteiger partial charge in [-0.15, -0.1) is 0 Å². The first-order valence-corrected chi connectivity index (χ1v) is 3.94. The van der Waals surface area contributed by atoms with E-state index in [1.54, 1.807) is 0 Å². The van der Waals surface area contributed by atoms with E-state index >= 15 is 0 Å². The Morgan fingerprint density at radius 2 is 2.10 bits per heavy atom. The maximum absolute atomic E-state index is 8.78. The van der Waals surface area contributed by atoms with Crippen LogP contribution in [0.4, 0.5) is 0 Å². The van der Waals surface area contributed by atoms with Gasteiger partial charge >= 0.3 is 0 Å².